The van der Waals surface area contributed by atoms with Crippen LogP contribution in [-0.2, 0) is 14.3 Å². The average molecular weight is 465 g/mol. The Morgan fingerprint density at radius 3 is 2.58 bits per heavy atom. The van der Waals surface area contributed by atoms with E-state index in [4.69, 9.17) is 4.74 Å². The molecule has 33 heavy (non-hydrogen) atoms. The van der Waals surface area contributed by atoms with Gasteiger partial charge in [0.05, 0.1) is 23.2 Å². The normalized spacial score (nSPS) is 15.0. The molecule has 1 atom stereocenters. The molecule has 1 aromatic heterocycles. The van der Waals surface area contributed by atoms with Crippen LogP contribution in [0.15, 0.2) is 54.6 Å². The molecule has 0 bridgehead atoms. The number of para-hydroxylation sites is 1. The first-order valence-electron chi connectivity index (χ1n) is 10.1. The van der Waals surface area contributed by atoms with Crippen molar-refractivity contribution in [2.45, 2.75) is 18.9 Å². The molecule has 1 aliphatic heterocycles. The molecule has 10 heteroatoms. The van der Waals surface area contributed by atoms with Gasteiger partial charge in [0.25, 0.3) is 5.91 Å². The predicted molar refractivity (Wildman–Crippen MR) is 123 cm³/mol. The summed E-state index contributed by atoms with van der Waals surface area (Å²) in [6.07, 6.45) is 0.0562. The third kappa shape index (κ3) is 4.90. The molecule has 0 saturated heterocycles. The number of benzene rings is 2. The maximum Gasteiger partial charge on any atom is 0.358 e. The number of anilines is 2. The van der Waals surface area contributed by atoms with Gasteiger partial charge in [0.1, 0.15) is 6.04 Å². The number of hydrogen-bond acceptors (Lipinski definition) is 7. The van der Waals surface area contributed by atoms with Gasteiger partial charge in [0.15, 0.2) is 10.8 Å². The zero-order valence-corrected chi connectivity index (χ0v) is 18.4. The molecule has 0 aliphatic carbocycles. The molecule has 3 amide bonds. The Bertz CT molecular complexity index is 1220. The molecule has 9 nitrogen and oxygen atoms in total. The number of esters is 1. The van der Waals surface area contributed by atoms with E-state index in [-0.39, 0.29) is 29.6 Å². The largest absolute Gasteiger partial charge is 0.464 e. The number of nitrogens with one attached hydrogen (secondary N) is 3. The lowest BCUT2D eigenvalue weighted by molar-refractivity contribution is -0.118. The van der Waals surface area contributed by atoms with E-state index >= 15 is 0 Å². The van der Waals surface area contributed by atoms with Crippen molar-refractivity contribution in [1.29, 1.82) is 0 Å². The lowest BCUT2D eigenvalue weighted by Crippen LogP contribution is -2.41. The van der Waals surface area contributed by atoms with Crippen LogP contribution in [0.1, 0.15) is 33.7 Å². The van der Waals surface area contributed by atoms with Crippen LogP contribution >= 0.6 is 11.3 Å². The monoisotopic (exact) mass is 464 g/mol. The number of rotatable bonds is 6. The summed E-state index contributed by atoms with van der Waals surface area (Å²) in [5, 5.41) is 8.27. The molecule has 0 saturated carbocycles. The summed E-state index contributed by atoms with van der Waals surface area (Å²) in [4.78, 5) is 54.4. The quantitative estimate of drug-likeness (QED) is 0.481. The third-order valence-electron chi connectivity index (χ3n) is 5.00. The Kier molecular flexibility index (Phi) is 6.45. The fourth-order valence-electron chi connectivity index (χ4n) is 3.37. The molecule has 2 aromatic carbocycles. The molecule has 2 heterocycles. The van der Waals surface area contributed by atoms with E-state index in [1.807, 2.05) is 30.3 Å². The fourth-order valence-corrected chi connectivity index (χ4v) is 4.34. The second-order valence-electron chi connectivity index (χ2n) is 7.20. The fraction of sp³-hybridized carbons (Fsp3) is 0.174. The van der Waals surface area contributed by atoms with Gasteiger partial charge in [-0.25, -0.2) is 9.78 Å². The SMILES string of the molecule is COC(=O)c1nc(NC(=O)CC[C@H]2NC(=O)c3ccccc3NC2=O)sc1-c1ccccc1. The molecule has 0 fully saturated rings. The van der Waals surface area contributed by atoms with Crippen molar-refractivity contribution in [3.8, 4) is 10.4 Å². The minimum atomic E-state index is -0.863. The van der Waals surface area contributed by atoms with Crippen molar-refractivity contribution in [3.63, 3.8) is 0 Å². The van der Waals surface area contributed by atoms with E-state index in [1.54, 1.807) is 24.3 Å². The number of ether oxygens (including phenoxy) is 1. The number of methoxy groups -OCH3 is 1. The third-order valence-corrected chi connectivity index (χ3v) is 6.02. The van der Waals surface area contributed by atoms with Crippen LogP contribution in [0.5, 0.6) is 0 Å². The minimum absolute atomic E-state index is 0.0392. The molecule has 168 valence electrons. The van der Waals surface area contributed by atoms with Gasteiger partial charge in [-0.2, -0.15) is 0 Å². The van der Waals surface area contributed by atoms with Gasteiger partial charge in [0, 0.05) is 6.42 Å². The van der Waals surface area contributed by atoms with Gasteiger partial charge in [-0.3, -0.25) is 14.4 Å². The average Bonchev–Trinajstić information content (AvgIpc) is 3.20. The van der Waals surface area contributed by atoms with Crippen molar-refractivity contribution in [2.75, 3.05) is 17.7 Å². The Morgan fingerprint density at radius 2 is 1.82 bits per heavy atom. The zero-order chi connectivity index (χ0) is 23.4. The molecular formula is C23H20N4O5S. The number of fused-ring (bicyclic) bond motifs is 1. The highest BCUT2D eigenvalue weighted by Crippen LogP contribution is 2.33. The first-order valence-corrected chi connectivity index (χ1v) is 10.9. The van der Waals surface area contributed by atoms with Crippen molar-refractivity contribution < 1.29 is 23.9 Å². The molecule has 1 aliphatic rings. The Labute approximate surface area is 193 Å². The van der Waals surface area contributed by atoms with Crippen LogP contribution in [0.25, 0.3) is 10.4 Å². The highest BCUT2D eigenvalue weighted by atomic mass is 32.1. The predicted octanol–water partition coefficient (Wildman–Crippen LogP) is 3.07. The van der Waals surface area contributed by atoms with Gasteiger partial charge in [-0.1, -0.05) is 53.8 Å². The van der Waals surface area contributed by atoms with Gasteiger partial charge < -0.3 is 20.7 Å². The number of nitrogens with zero attached hydrogens (tertiary/aromatic N) is 1. The highest BCUT2D eigenvalue weighted by Gasteiger charge is 2.28. The van der Waals surface area contributed by atoms with Crippen LogP contribution < -0.4 is 16.0 Å². The zero-order valence-electron chi connectivity index (χ0n) is 17.6. The van der Waals surface area contributed by atoms with Gasteiger partial charge >= 0.3 is 5.97 Å². The smallest absolute Gasteiger partial charge is 0.358 e. The molecule has 0 unspecified atom stereocenters. The van der Waals surface area contributed by atoms with E-state index in [2.05, 4.69) is 20.9 Å². The lowest BCUT2D eigenvalue weighted by atomic mass is 10.1. The van der Waals surface area contributed by atoms with Crippen LogP contribution in [0.4, 0.5) is 10.8 Å². The second-order valence-corrected chi connectivity index (χ2v) is 8.20. The molecule has 3 aromatic rings. The number of hydrogen-bond donors (Lipinski definition) is 3. The van der Waals surface area contributed by atoms with Crippen molar-refractivity contribution in [3.05, 3.63) is 65.9 Å². The van der Waals surface area contributed by atoms with E-state index in [1.165, 1.54) is 7.11 Å². The summed E-state index contributed by atoms with van der Waals surface area (Å²) in [6.45, 7) is 0. The number of carbonyl (C=O) groups excluding carboxylic acids is 4. The van der Waals surface area contributed by atoms with Gasteiger partial charge in [0.2, 0.25) is 11.8 Å². The lowest BCUT2D eigenvalue weighted by Gasteiger charge is -2.13. The Balaban J connectivity index is 1.43. The Morgan fingerprint density at radius 1 is 1.09 bits per heavy atom. The summed E-state index contributed by atoms with van der Waals surface area (Å²) >= 11 is 1.15. The van der Waals surface area contributed by atoms with E-state index < -0.39 is 23.8 Å². The summed E-state index contributed by atoms with van der Waals surface area (Å²) in [6, 6.07) is 15.0. The van der Waals surface area contributed by atoms with Crippen molar-refractivity contribution in [1.82, 2.24) is 10.3 Å². The van der Waals surface area contributed by atoms with Crippen LogP contribution in [0.2, 0.25) is 0 Å². The second kappa shape index (κ2) is 9.61. The van der Waals surface area contributed by atoms with Gasteiger partial charge in [-0.15, -0.1) is 0 Å². The Hall–Kier alpha value is -4.05. The van der Waals surface area contributed by atoms with Crippen LogP contribution in [0, 0.1) is 0 Å². The van der Waals surface area contributed by atoms with Crippen LogP contribution in [0.3, 0.4) is 0 Å². The van der Waals surface area contributed by atoms with E-state index in [0.717, 1.165) is 16.9 Å². The topological polar surface area (TPSA) is 126 Å². The molecule has 0 spiro atoms. The number of amides is 3. The summed E-state index contributed by atoms with van der Waals surface area (Å²) in [5.74, 6) is -1.79. The number of carbonyl (C=O) groups is 4. The van der Waals surface area contributed by atoms with Crippen molar-refractivity contribution in [2.24, 2.45) is 0 Å². The highest BCUT2D eigenvalue weighted by molar-refractivity contribution is 7.19. The standard InChI is InChI=1S/C23H20N4O5S/c1-32-22(31)18-19(13-7-3-2-4-8-13)33-23(27-18)26-17(28)12-11-16-21(30)24-15-10-6-5-9-14(15)20(29)25-16/h2-10,16H,11-12H2,1H3,(H,24,30)(H,25,29)(H,26,27,28)/t16-/m1/s1. The van der Waals surface area contributed by atoms with Crippen molar-refractivity contribution >= 4 is 45.8 Å². The van der Waals surface area contributed by atoms with E-state index in [0.29, 0.717) is 16.1 Å². The first kappa shape index (κ1) is 22.2. The minimum Gasteiger partial charge on any atom is -0.464 e. The maximum absolute atomic E-state index is 12.5. The van der Waals surface area contributed by atoms with Crippen LogP contribution in [-0.4, -0.2) is 41.8 Å². The number of thiazole rings is 1. The number of aromatic nitrogens is 1. The summed E-state index contributed by atoms with van der Waals surface area (Å²) in [5.41, 5.74) is 1.67. The molecular weight excluding hydrogens is 444 g/mol. The van der Waals surface area contributed by atoms with E-state index in [9.17, 15) is 19.2 Å². The van der Waals surface area contributed by atoms with Gasteiger partial charge in [-0.05, 0) is 24.1 Å². The molecule has 4 rings (SSSR count). The maximum atomic E-state index is 12.5. The molecule has 0 radical (unpaired) electrons. The first-order chi connectivity index (χ1) is 16.0. The summed E-state index contributed by atoms with van der Waals surface area (Å²) < 4.78 is 4.81. The molecule has 3 N–H and O–H groups in total. The summed E-state index contributed by atoms with van der Waals surface area (Å²) in [7, 11) is 1.26.